The van der Waals surface area contributed by atoms with Gasteiger partial charge in [0.15, 0.2) is 0 Å². The molecule has 2 rings (SSSR count). The van der Waals surface area contributed by atoms with Crippen molar-refractivity contribution in [3.63, 3.8) is 0 Å². The topological polar surface area (TPSA) is 36.4 Å². The van der Waals surface area contributed by atoms with E-state index in [1.54, 1.807) is 6.20 Å². The van der Waals surface area contributed by atoms with Crippen LogP contribution in [0.2, 0.25) is 0 Å². The van der Waals surface area contributed by atoms with Gasteiger partial charge in [-0.15, -0.1) is 0 Å². The maximum Gasteiger partial charge on any atom is 0.255 e. The molecule has 1 fully saturated rings. The molecule has 0 N–H and O–H groups in total. The van der Waals surface area contributed by atoms with Crippen LogP contribution in [0, 0.1) is 11.8 Å². The molecule has 0 aromatic carbocycles. The molecule has 0 atom stereocenters. The quantitative estimate of drug-likeness (QED) is 0.855. The Labute approximate surface area is 128 Å². The Morgan fingerprint density at radius 2 is 2.05 bits per heavy atom. The predicted molar refractivity (Wildman–Crippen MR) is 86.6 cm³/mol. The molecule has 1 aliphatic rings. The van der Waals surface area contributed by atoms with Gasteiger partial charge < -0.3 is 9.80 Å². The number of likely N-dealkylation sites (tertiary alicyclic amines) is 1. The Bertz CT molecular complexity index is 461. The Balaban J connectivity index is 1.99. The lowest BCUT2D eigenvalue weighted by molar-refractivity contribution is 0.0697. The number of carbonyl (C=O) groups excluding carboxylic acids is 1. The SMILES string of the molecule is CC(C)CN(C)c1ccc(C(=O)N2CCC(C)CC2)cn1. The third-order valence-corrected chi connectivity index (χ3v) is 4.10. The molecule has 0 spiro atoms. The van der Waals surface area contributed by atoms with Gasteiger partial charge in [0.05, 0.1) is 5.56 Å². The van der Waals surface area contributed by atoms with Gasteiger partial charge in [-0.05, 0) is 36.8 Å². The molecule has 2 heterocycles. The van der Waals surface area contributed by atoms with Crippen molar-refractivity contribution in [2.75, 3.05) is 31.6 Å². The zero-order chi connectivity index (χ0) is 15.4. The Kier molecular flexibility index (Phi) is 5.21. The molecule has 4 nitrogen and oxygen atoms in total. The molecule has 0 unspecified atom stereocenters. The van der Waals surface area contributed by atoms with Crippen molar-refractivity contribution in [2.45, 2.75) is 33.6 Å². The normalized spacial score (nSPS) is 16.3. The van der Waals surface area contributed by atoms with E-state index in [-0.39, 0.29) is 5.91 Å². The predicted octanol–water partition coefficient (Wildman–Crippen LogP) is 3.05. The van der Waals surface area contributed by atoms with Crippen LogP contribution in [0.3, 0.4) is 0 Å². The largest absolute Gasteiger partial charge is 0.359 e. The number of hydrogen-bond acceptors (Lipinski definition) is 3. The third-order valence-electron chi connectivity index (χ3n) is 4.10. The van der Waals surface area contributed by atoms with E-state index in [4.69, 9.17) is 0 Å². The molecule has 4 heteroatoms. The minimum absolute atomic E-state index is 0.118. The van der Waals surface area contributed by atoms with Crippen LogP contribution in [0.5, 0.6) is 0 Å². The highest BCUT2D eigenvalue weighted by Gasteiger charge is 2.21. The highest BCUT2D eigenvalue weighted by atomic mass is 16.2. The fraction of sp³-hybridized carbons (Fsp3) is 0.647. The van der Waals surface area contributed by atoms with Crippen LogP contribution < -0.4 is 4.90 Å². The van der Waals surface area contributed by atoms with Crippen LogP contribution in [0.1, 0.15) is 44.0 Å². The van der Waals surface area contributed by atoms with E-state index in [2.05, 4.69) is 30.7 Å². The summed E-state index contributed by atoms with van der Waals surface area (Å²) in [5.41, 5.74) is 0.700. The molecule has 1 saturated heterocycles. The first-order chi connectivity index (χ1) is 9.97. The van der Waals surface area contributed by atoms with Gasteiger partial charge >= 0.3 is 0 Å². The lowest BCUT2D eigenvalue weighted by Crippen LogP contribution is -2.38. The highest BCUT2D eigenvalue weighted by molar-refractivity contribution is 5.94. The molecule has 21 heavy (non-hydrogen) atoms. The summed E-state index contributed by atoms with van der Waals surface area (Å²) in [5, 5.41) is 0. The minimum atomic E-state index is 0.118. The fourth-order valence-corrected chi connectivity index (χ4v) is 2.77. The van der Waals surface area contributed by atoms with Crippen molar-refractivity contribution in [2.24, 2.45) is 11.8 Å². The molecule has 0 radical (unpaired) electrons. The van der Waals surface area contributed by atoms with E-state index in [0.29, 0.717) is 11.5 Å². The molecule has 1 aromatic heterocycles. The number of piperidine rings is 1. The second-order valence-corrected chi connectivity index (χ2v) is 6.65. The molecular formula is C17H27N3O. The molecule has 1 amide bonds. The first-order valence-corrected chi connectivity index (χ1v) is 7.94. The first-order valence-electron chi connectivity index (χ1n) is 7.94. The zero-order valence-electron chi connectivity index (χ0n) is 13.7. The van der Waals surface area contributed by atoms with Gasteiger partial charge in [0, 0.05) is 32.9 Å². The number of pyridine rings is 1. The van der Waals surface area contributed by atoms with Crippen molar-refractivity contribution < 1.29 is 4.79 Å². The molecule has 0 aliphatic carbocycles. The second-order valence-electron chi connectivity index (χ2n) is 6.65. The monoisotopic (exact) mass is 289 g/mol. The Morgan fingerprint density at radius 3 is 2.57 bits per heavy atom. The summed E-state index contributed by atoms with van der Waals surface area (Å²) in [7, 11) is 2.04. The summed E-state index contributed by atoms with van der Waals surface area (Å²) in [5.74, 6) is 2.37. The van der Waals surface area contributed by atoms with Crippen LogP contribution in [0.15, 0.2) is 18.3 Å². The molecule has 0 saturated carbocycles. The number of hydrogen-bond donors (Lipinski definition) is 0. The number of aromatic nitrogens is 1. The average Bonchev–Trinajstić information content (AvgIpc) is 2.47. The molecule has 116 valence electrons. The van der Waals surface area contributed by atoms with E-state index in [0.717, 1.165) is 44.2 Å². The van der Waals surface area contributed by atoms with Crippen molar-refractivity contribution in [3.05, 3.63) is 23.9 Å². The van der Waals surface area contributed by atoms with E-state index in [1.165, 1.54) is 0 Å². The van der Waals surface area contributed by atoms with E-state index >= 15 is 0 Å². The lowest BCUT2D eigenvalue weighted by atomic mass is 9.99. The third kappa shape index (κ3) is 4.19. The standard InChI is InChI=1S/C17H27N3O/c1-13(2)12-19(4)16-6-5-15(11-18-16)17(21)20-9-7-14(3)8-10-20/h5-6,11,13-14H,7-10,12H2,1-4H3. The van der Waals surface area contributed by atoms with Crippen LogP contribution >= 0.6 is 0 Å². The summed E-state index contributed by atoms with van der Waals surface area (Å²) in [6, 6.07) is 3.85. The summed E-state index contributed by atoms with van der Waals surface area (Å²) in [4.78, 5) is 21.0. The van der Waals surface area contributed by atoms with Crippen LogP contribution in [0.4, 0.5) is 5.82 Å². The molecular weight excluding hydrogens is 262 g/mol. The smallest absolute Gasteiger partial charge is 0.255 e. The first kappa shape index (κ1) is 15.8. The number of anilines is 1. The van der Waals surface area contributed by atoms with E-state index < -0.39 is 0 Å². The van der Waals surface area contributed by atoms with Crippen LogP contribution in [-0.2, 0) is 0 Å². The Hall–Kier alpha value is -1.58. The summed E-state index contributed by atoms with van der Waals surface area (Å²) in [6.07, 6.45) is 3.93. The van der Waals surface area contributed by atoms with Gasteiger partial charge in [0.1, 0.15) is 5.82 Å². The van der Waals surface area contributed by atoms with Gasteiger partial charge in [-0.1, -0.05) is 20.8 Å². The summed E-state index contributed by atoms with van der Waals surface area (Å²) in [6.45, 7) is 9.33. The average molecular weight is 289 g/mol. The molecule has 1 aromatic rings. The van der Waals surface area contributed by atoms with Crippen molar-refractivity contribution >= 4 is 11.7 Å². The van der Waals surface area contributed by atoms with Gasteiger partial charge in [-0.25, -0.2) is 4.98 Å². The number of carbonyl (C=O) groups is 1. The molecule has 0 bridgehead atoms. The molecule has 1 aliphatic heterocycles. The zero-order valence-corrected chi connectivity index (χ0v) is 13.7. The van der Waals surface area contributed by atoms with Gasteiger partial charge in [-0.2, -0.15) is 0 Å². The minimum Gasteiger partial charge on any atom is -0.359 e. The second kappa shape index (κ2) is 6.92. The summed E-state index contributed by atoms with van der Waals surface area (Å²) < 4.78 is 0. The van der Waals surface area contributed by atoms with Gasteiger partial charge in [0.25, 0.3) is 5.91 Å². The maximum absolute atomic E-state index is 12.4. The van der Waals surface area contributed by atoms with Crippen molar-refractivity contribution in [1.82, 2.24) is 9.88 Å². The number of amides is 1. The van der Waals surface area contributed by atoms with E-state index in [1.807, 2.05) is 24.1 Å². The summed E-state index contributed by atoms with van der Waals surface area (Å²) >= 11 is 0. The van der Waals surface area contributed by atoms with Crippen LogP contribution in [0.25, 0.3) is 0 Å². The van der Waals surface area contributed by atoms with Gasteiger partial charge in [0.2, 0.25) is 0 Å². The van der Waals surface area contributed by atoms with Crippen molar-refractivity contribution in [1.29, 1.82) is 0 Å². The fourth-order valence-electron chi connectivity index (χ4n) is 2.77. The number of nitrogens with zero attached hydrogens (tertiary/aromatic N) is 3. The van der Waals surface area contributed by atoms with Crippen LogP contribution in [-0.4, -0.2) is 42.5 Å². The Morgan fingerprint density at radius 1 is 1.38 bits per heavy atom. The van der Waals surface area contributed by atoms with Crippen molar-refractivity contribution in [3.8, 4) is 0 Å². The highest BCUT2D eigenvalue weighted by Crippen LogP contribution is 2.19. The number of rotatable bonds is 4. The maximum atomic E-state index is 12.4. The van der Waals surface area contributed by atoms with Gasteiger partial charge in [-0.3, -0.25) is 4.79 Å². The van der Waals surface area contributed by atoms with E-state index in [9.17, 15) is 4.79 Å². The lowest BCUT2D eigenvalue weighted by Gasteiger charge is -2.30.